The Bertz CT molecular complexity index is 1740. The number of hydrogen-bond acceptors (Lipinski definition) is 8. The number of ether oxygens (including phenoxy) is 2. The van der Waals surface area contributed by atoms with Gasteiger partial charge in [-0.3, -0.25) is 19.4 Å². The molecule has 11 nitrogen and oxygen atoms in total. The van der Waals surface area contributed by atoms with Crippen LogP contribution in [0.3, 0.4) is 0 Å². The molecule has 1 aliphatic heterocycles. The first-order valence-corrected chi connectivity index (χ1v) is 13.4. The first kappa shape index (κ1) is 29.4. The summed E-state index contributed by atoms with van der Waals surface area (Å²) < 4.78 is 25.1. The van der Waals surface area contributed by atoms with Gasteiger partial charge in [0.15, 0.2) is 6.61 Å². The monoisotopic (exact) mass is 587 g/mol. The van der Waals surface area contributed by atoms with Crippen LogP contribution in [0.25, 0.3) is 22.2 Å². The van der Waals surface area contributed by atoms with Crippen molar-refractivity contribution in [2.45, 2.75) is 24.9 Å². The number of amides is 3. The summed E-state index contributed by atoms with van der Waals surface area (Å²) in [5.74, 6) is -1.39. The van der Waals surface area contributed by atoms with Gasteiger partial charge in [0, 0.05) is 35.3 Å². The zero-order chi connectivity index (χ0) is 30.9. The molecule has 222 valence electrons. The Balaban J connectivity index is 1.48. The fourth-order valence-electron chi connectivity index (χ4n) is 4.92. The molecule has 3 heterocycles. The van der Waals surface area contributed by atoms with Crippen molar-refractivity contribution in [2.75, 3.05) is 26.8 Å². The highest BCUT2D eigenvalue weighted by Crippen LogP contribution is 2.45. The molecule has 0 saturated heterocycles. The molecule has 0 saturated carbocycles. The Morgan fingerprint density at radius 3 is 2.63 bits per heavy atom. The van der Waals surface area contributed by atoms with Gasteiger partial charge >= 0.3 is 0 Å². The second kappa shape index (κ2) is 11.3. The van der Waals surface area contributed by atoms with Crippen molar-refractivity contribution in [3.8, 4) is 22.8 Å². The van der Waals surface area contributed by atoms with Crippen molar-refractivity contribution >= 4 is 28.6 Å². The van der Waals surface area contributed by atoms with Gasteiger partial charge in [0.25, 0.3) is 11.8 Å². The van der Waals surface area contributed by atoms with E-state index in [-0.39, 0.29) is 36.1 Å². The maximum atomic E-state index is 13.7. The SMILES string of the molecule is CNC(=O)[C@@]1(C)COc2c1cc([C@@](C)(O)CNC(=O)c1cc(OCC(N)=O)c3ncccc3c1)nc2-c1ccc(F)cc1. The quantitative estimate of drug-likeness (QED) is 0.232. The number of carbonyl (C=O) groups is 3. The van der Waals surface area contributed by atoms with Gasteiger partial charge in [0.2, 0.25) is 5.91 Å². The fraction of sp³-hybridized carbons (Fsp3) is 0.258. The van der Waals surface area contributed by atoms with Crippen LogP contribution in [0, 0.1) is 5.82 Å². The normalized spacial score (nSPS) is 17.0. The summed E-state index contributed by atoms with van der Waals surface area (Å²) >= 11 is 0. The number of benzene rings is 2. The molecule has 12 heteroatoms. The zero-order valence-electron chi connectivity index (χ0n) is 23.7. The van der Waals surface area contributed by atoms with Crippen molar-refractivity contribution < 1.29 is 33.4 Å². The molecule has 2 aromatic heterocycles. The molecule has 0 unspecified atom stereocenters. The van der Waals surface area contributed by atoms with Crippen molar-refractivity contribution in [3.63, 3.8) is 0 Å². The first-order valence-electron chi connectivity index (χ1n) is 13.4. The van der Waals surface area contributed by atoms with E-state index in [1.165, 1.54) is 44.3 Å². The zero-order valence-corrected chi connectivity index (χ0v) is 23.7. The number of hydrogen-bond donors (Lipinski definition) is 4. The minimum atomic E-state index is -1.71. The number of primary amides is 1. The van der Waals surface area contributed by atoms with Gasteiger partial charge in [-0.2, -0.15) is 0 Å². The first-order chi connectivity index (χ1) is 20.4. The van der Waals surface area contributed by atoms with E-state index in [4.69, 9.17) is 15.2 Å². The van der Waals surface area contributed by atoms with Gasteiger partial charge in [-0.15, -0.1) is 0 Å². The lowest BCUT2D eigenvalue weighted by Crippen LogP contribution is -2.42. The third-order valence-corrected chi connectivity index (χ3v) is 7.37. The number of nitrogens with zero attached hydrogens (tertiary/aromatic N) is 2. The van der Waals surface area contributed by atoms with Crippen LogP contribution in [0.15, 0.2) is 60.8 Å². The van der Waals surface area contributed by atoms with Crippen molar-refractivity contribution in [1.82, 2.24) is 20.6 Å². The minimum Gasteiger partial charge on any atom is -0.489 e. The number of rotatable bonds is 9. The van der Waals surface area contributed by atoms with Crippen molar-refractivity contribution in [2.24, 2.45) is 5.73 Å². The second-order valence-corrected chi connectivity index (χ2v) is 10.7. The van der Waals surface area contributed by atoms with Gasteiger partial charge in [-0.25, -0.2) is 9.37 Å². The van der Waals surface area contributed by atoms with Crippen LogP contribution in [-0.4, -0.2) is 59.6 Å². The number of aromatic nitrogens is 2. The highest BCUT2D eigenvalue weighted by Gasteiger charge is 2.45. The Labute approximate surface area is 246 Å². The predicted octanol–water partition coefficient (Wildman–Crippen LogP) is 2.33. The van der Waals surface area contributed by atoms with Crippen LogP contribution >= 0.6 is 0 Å². The van der Waals surface area contributed by atoms with E-state index in [2.05, 4.69) is 20.6 Å². The summed E-state index contributed by atoms with van der Waals surface area (Å²) in [5, 5.41) is 17.6. The van der Waals surface area contributed by atoms with E-state index in [9.17, 15) is 23.9 Å². The summed E-state index contributed by atoms with van der Waals surface area (Å²) in [5.41, 5.74) is 4.58. The number of aliphatic hydroxyl groups is 1. The lowest BCUT2D eigenvalue weighted by molar-refractivity contribution is -0.126. The number of fused-ring (bicyclic) bond motifs is 2. The molecule has 0 radical (unpaired) electrons. The number of nitrogens with two attached hydrogens (primary N) is 1. The molecule has 2 aromatic carbocycles. The van der Waals surface area contributed by atoms with E-state index < -0.39 is 35.3 Å². The van der Waals surface area contributed by atoms with Gasteiger partial charge < -0.3 is 30.9 Å². The molecule has 0 bridgehead atoms. The third-order valence-electron chi connectivity index (χ3n) is 7.37. The largest absolute Gasteiger partial charge is 0.489 e. The molecule has 0 aliphatic carbocycles. The summed E-state index contributed by atoms with van der Waals surface area (Å²) in [6, 6.07) is 13.7. The minimum absolute atomic E-state index is 0.0389. The van der Waals surface area contributed by atoms with Crippen LogP contribution in [0.5, 0.6) is 11.5 Å². The molecule has 3 amide bonds. The summed E-state index contributed by atoms with van der Waals surface area (Å²) in [6.45, 7) is 2.58. The van der Waals surface area contributed by atoms with E-state index in [1.54, 1.807) is 37.4 Å². The van der Waals surface area contributed by atoms with Crippen LogP contribution in [0.1, 0.15) is 35.5 Å². The van der Waals surface area contributed by atoms with Gasteiger partial charge in [-0.05, 0) is 62.4 Å². The Hall–Kier alpha value is -5.10. The standard InChI is InChI=1S/C31H30FN5O6/c1-30(29(40)34-3)16-43-27-21(30)13-23(37-26(27)17-6-8-20(32)9-7-17)31(2,41)15-36-28(39)19-11-18-5-4-10-35-25(18)22(12-19)42-14-24(33)38/h4-13,41H,14-16H2,1-3H3,(H2,33,38)(H,34,40)(H,36,39)/t30-,31-/m0/s1. The third kappa shape index (κ3) is 5.69. The Morgan fingerprint density at radius 2 is 1.93 bits per heavy atom. The molecule has 43 heavy (non-hydrogen) atoms. The number of likely N-dealkylation sites (N-methyl/N-ethyl adjacent to an activating group) is 1. The second-order valence-electron chi connectivity index (χ2n) is 10.7. The summed E-state index contributed by atoms with van der Waals surface area (Å²) in [4.78, 5) is 46.4. The molecule has 2 atom stereocenters. The van der Waals surface area contributed by atoms with Crippen molar-refractivity contribution in [1.29, 1.82) is 0 Å². The Morgan fingerprint density at radius 1 is 1.19 bits per heavy atom. The van der Waals surface area contributed by atoms with E-state index >= 15 is 0 Å². The summed E-state index contributed by atoms with van der Waals surface area (Å²) in [7, 11) is 1.52. The number of halogens is 1. The Kier molecular flexibility index (Phi) is 7.72. The molecular formula is C31H30FN5O6. The highest BCUT2D eigenvalue weighted by molar-refractivity contribution is 6.00. The fourth-order valence-corrected chi connectivity index (χ4v) is 4.92. The van der Waals surface area contributed by atoms with E-state index in [1.807, 2.05) is 0 Å². The van der Waals surface area contributed by atoms with E-state index in [0.29, 0.717) is 33.5 Å². The van der Waals surface area contributed by atoms with Gasteiger partial charge in [0.1, 0.15) is 46.1 Å². The van der Waals surface area contributed by atoms with Crippen LogP contribution in [0.4, 0.5) is 4.39 Å². The molecule has 4 aromatic rings. The average Bonchev–Trinajstić information content (AvgIpc) is 3.35. The van der Waals surface area contributed by atoms with Crippen LogP contribution in [-0.2, 0) is 20.6 Å². The number of carbonyl (C=O) groups excluding carboxylic acids is 3. The lowest BCUT2D eigenvalue weighted by atomic mass is 9.82. The van der Waals surface area contributed by atoms with E-state index in [0.717, 1.165) is 0 Å². The van der Waals surface area contributed by atoms with Gasteiger partial charge in [0.05, 0.1) is 12.2 Å². The maximum absolute atomic E-state index is 13.7. The smallest absolute Gasteiger partial charge is 0.255 e. The molecule has 0 spiro atoms. The number of pyridine rings is 2. The topological polar surface area (TPSA) is 166 Å². The predicted molar refractivity (Wildman–Crippen MR) is 155 cm³/mol. The van der Waals surface area contributed by atoms with Crippen LogP contribution < -0.4 is 25.8 Å². The molecule has 5 N–H and O–H groups in total. The molecular weight excluding hydrogens is 557 g/mol. The summed E-state index contributed by atoms with van der Waals surface area (Å²) in [6.07, 6.45) is 1.56. The van der Waals surface area contributed by atoms with Gasteiger partial charge in [-0.1, -0.05) is 6.07 Å². The molecule has 0 fully saturated rings. The maximum Gasteiger partial charge on any atom is 0.255 e. The average molecular weight is 588 g/mol. The molecule has 1 aliphatic rings. The lowest BCUT2D eigenvalue weighted by Gasteiger charge is -2.26. The highest BCUT2D eigenvalue weighted by atomic mass is 19.1. The van der Waals surface area contributed by atoms with Crippen molar-refractivity contribution in [3.05, 3.63) is 83.4 Å². The number of nitrogens with one attached hydrogen (secondary N) is 2. The van der Waals surface area contributed by atoms with Crippen LogP contribution in [0.2, 0.25) is 0 Å². The molecule has 5 rings (SSSR count).